The van der Waals surface area contributed by atoms with E-state index in [1.807, 2.05) is 49.4 Å². The van der Waals surface area contributed by atoms with Gasteiger partial charge in [0.15, 0.2) is 5.82 Å². The van der Waals surface area contributed by atoms with E-state index in [2.05, 4.69) is 15.3 Å². The second-order valence-corrected chi connectivity index (χ2v) is 5.43. The van der Waals surface area contributed by atoms with Gasteiger partial charge in [0.25, 0.3) is 0 Å². The van der Waals surface area contributed by atoms with Crippen LogP contribution in [-0.2, 0) is 0 Å². The average Bonchev–Trinajstić information content (AvgIpc) is 3.23. The summed E-state index contributed by atoms with van der Waals surface area (Å²) in [6, 6.07) is 11.3. The molecule has 0 fully saturated rings. The fourth-order valence-corrected chi connectivity index (χ4v) is 2.29. The van der Waals surface area contributed by atoms with E-state index >= 15 is 0 Å². The molecule has 7 heteroatoms. The van der Waals surface area contributed by atoms with Gasteiger partial charge < -0.3 is 9.15 Å². The highest BCUT2D eigenvalue weighted by molar-refractivity contribution is 7.71. The van der Waals surface area contributed by atoms with Crippen LogP contribution in [0.15, 0.2) is 57.8 Å². The largest absolute Gasteiger partial charge is 0.497 e. The normalized spacial score (nSPS) is 12.0. The third-order valence-electron chi connectivity index (χ3n) is 3.29. The molecule has 0 unspecified atom stereocenters. The third kappa shape index (κ3) is 3.52. The van der Waals surface area contributed by atoms with Gasteiger partial charge in [-0.2, -0.15) is 14.9 Å². The highest BCUT2D eigenvalue weighted by atomic mass is 32.1. The first-order valence-electron chi connectivity index (χ1n) is 7.25. The Hall–Kier alpha value is -2.93. The summed E-state index contributed by atoms with van der Waals surface area (Å²) in [4.78, 5) is 0. The lowest BCUT2D eigenvalue weighted by Crippen LogP contribution is -1.95. The maximum absolute atomic E-state index is 5.28. The minimum absolute atomic E-state index is 0.419. The molecule has 0 bridgehead atoms. The van der Waals surface area contributed by atoms with Crippen molar-refractivity contribution in [1.29, 1.82) is 0 Å². The minimum Gasteiger partial charge on any atom is -0.497 e. The van der Waals surface area contributed by atoms with E-state index in [-0.39, 0.29) is 0 Å². The number of hydrogen-bond donors (Lipinski definition) is 1. The van der Waals surface area contributed by atoms with Crippen LogP contribution in [0.2, 0.25) is 0 Å². The van der Waals surface area contributed by atoms with Crippen molar-refractivity contribution in [3.63, 3.8) is 0 Å². The number of furan rings is 1. The van der Waals surface area contributed by atoms with Crippen LogP contribution in [-0.4, -0.2) is 28.2 Å². The van der Waals surface area contributed by atoms with Gasteiger partial charge in [0.2, 0.25) is 4.77 Å². The first-order chi connectivity index (χ1) is 11.7. The van der Waals surface area contributed by atoms with Gasteiger partial charge in [0.1, 0.15) is 11.5 Å². The van der Waals surface area contributed by atoms with Crippen molar-refractivity contribution in [2.75, 3.05) is 7.11 Å². The summed E-state index contributed by atoms with van der Waals surface area (Å²) in [6.45, 7) is 1.93. The zero-order chi connectivity index (χ0) is 16.9. The predicted octanol–water partition coefficient (Wildman–Crippen LogP) is 4.15. The van der Waals surface area contributed by atoms with E-state index in [1.165, 1.54) is 0 Å². The van der Waals surface area contributed by atoms with Crippen molar-refractivity contribution < 1.29 is 9.15 Å². The van der Waals surface area contributed by atoms with Gasteiger partial charge in [-0.25, -0.2) is 5.10 Å². The quantitative estimate of drug-likeness (QED) is 0.560. The number of benzene rings is 1. The summed E-state index contributed by atoms with van der Waals surface area (Å²) in [5.41, 5.74) is 1.81. The number of nitrogens with one attached hydrogen (secondary N) is 1. The zero-order valence-electron chi connectivity index (χ0n) is 13.3. The van der Waals surface area contributed by atoms with E-state index in [0.29, 0.717) is 10.6 Å². The van der Waals surface area contributed by atoms with E-state index in [1.54, 1.807) is 24.3 Å². The molecule has 0 aliphatic carbocycles. The van der Waals surface area contributed by atoms with Gasteiger partial charge in [-0.1, -0.05) is 0 Å². The number of ether oxygens (including phenoxy) is 1. The Labute approximate surface area is 144 Å². The van der Waals surface area contributed by atoms with Gasteiger partial charge in [0, 0.05) is 5.56 Å². The van der Waals surface area contributed by atoms with Crippen molar-refractivity contribution >= 4 is 24.5 Å². The smallest absolute Gasteiger partial charge is 0.216 e. The van der Waals surface area contributed by atoms with Gasteiger partial charge in [0.05, 0.1) is 19.6 Å². The number of aromatic amines is 1. The molecular formula is C17H16N4O2S. The van der Waals surface area contributed by atoms with Crippen LogP contribution in [0.1, 0.15) is 12.7 Å². The second-order valence-electron chi connectivity index (χ2n) is 5.04. The van der Waals surface area contributed by atoms with Crippen molar-refractivity contribution in [2.24, 2.45) is 5.10 Å². The first-order valence-corrected chi connectivity index (χ1v) is 7.66. The second kappa shape index (κ2) is 7.10. The number of methoxy groups -OCH3 is 1. The fourth-order valence-electron chi connectivity index (χ4n) is 2.11. The van der Waals surface area contributed by atoms with Crippen LogP contribution >= 0.6 is 12.2 Å². The van der Waals surface area contributed by atoms with Crippen molar-refractivity contribution in [3.05, 3.63) is 58.8 Å². The predicted molar refractivity (Wildman–Crippen MR) is 95.6 cm³/mol. The Bertz CT molecular complexity index is 918. The van der Waals surface area contributed by atoms with Crippen LogP contribution in [0.4, 0.5) is 0 Å². The SMILES string of the molecule is COc1ccc(-c2n[nH]c(=S)n2/N=C\C(C)=C\c2ccco2)cc1. The molecule has 0 saturated carbocycles. The van der Waals surface area contributed by atoms with Crippen LogP contribution in [0.25, 0.3) is 17.5 Å². The molecule has 3 aromatic rings. The molecule has 0 aliphatic heterocycles. The standard InChI is InChI=1S/C17H16N4O2S/c1-12(10-15-4-3-9-23-15)11-18-21-16(19-20-17(21)24)13-5-7-14(22-2)8-6-13/h3-11H,1-2H3,(H,20,24)/b12-10+,18-11-. The lowest BCUT2D eigenvalue weighted by Gasteiger charge is -2.03. The Morgan fingerprint density at radius 1 is 1.33 bits per heavy atom. The molecule has 2 aromatic heterocycles. The van der Waals surface area contributed by atoms with Crippen LogP contribution in [0.5, 0.6) is 5.75 Å². The van der Waals surface area contributed by atoms with Crippen LogP contribution in [0.3, 0.4) is 0 Å². The molecular weight excluding hydrogens is 324 g/mol. The topological polar surface area (TPSA) is 68.3 Å². The van der Waals surface area contributed by atoms with Gasteiger partial charge in [-0.3, -0.25) is 0 Å². The first kappa shape index (κ1) is 15.9. The Morgan fingerprint density at radius 2 is 2.12 bits per heavy atom. The van der Waals surface area contributed by atoms with E-state index in [9.17, 15) is 0 Å². The molecule has 3 rings (SSSR count). The van der Waals surface area contributed by atoms with E-state index < -0.39 is 0 Å². The van der Waals surface area contributed by atoms with Crippen LogP contribution in [0, 0.1) is 4.77 Å². The molecule has 0 aliphatic rings. The summed E-state index contributed by atoms with van der Waals surface area (Å²) in [6.07, 6.45) is 5.23. The number of aromatic nitrogens is 3. The van der Waals surface area contributed by atoms with Gasteiger partial charge in [-0.15, -0.1) is 0 Å². The zero-order valence-corrected chi connectivity index (χ0v) is 14.1. The molecule has 0 atom stereocenters. The fraction of sp³-hybridized carbons (Fsp3) is 0.118. The molecule has 0 amide bonds. The molecule has 6 nitrogen and oxygen atoms in total. The summed E-state index contributed by atoms with van der Waals surface area (Å²) < 4.78 is 12.5. The van der Waals surface area contributed by atoms with Crippen molar-refractivity contribution in [2.45, 2.75) is 6.92 Å². The van der Waals surface area contributed by atoms with E-state index in [0.717, 1.165) is 22.6 Å². The number of allylic oxidation sites excluding steroid dienone is 1. The number of nitrogens with zero attached hydrogens (tertiary/aromatic N) is 3. The molecule has 2 heterocycles. The molecule has 0 saturated heterocycles. The maximum Gasteiger partial charge on any atom is 0.216 e. The molecule has 122 valence electrons. The van der Waals surface area contributed by atoms with Crippen molar-refractivity contribution in [1.82, 2.24) is 14.9 Å². The summed E-state index contributed by atoms with van der Waals surface area (Å²) in [7, 11) is 1.63. The Balaban J connectivity index is 1.90. The maximum atomic E-state index is 5.28. The number of H-pyrrole nitrogens is 1. The van der Waals surface area contributed by atoms with E-state index in [4.69, 9.17) is 21.4 Å². The van der Waals surface area contributed by atoms with Gasteiger partial charge >= 0.3 is 0 Å². The van der Waals surface area contributed by atoms with Crippen molar-refractivity contribution in [3.8, 4) is 17.1 Å². The molecule has 1 N–H and O–H groups in total. The summed E-state index contributed by atoms with van der Waals surface area (Å²) >= 11 is 5.26. The minimum atomic E-state index is 0.419. The summed E-state index contributed by atoms with van der Waals surface area (Å²) in [5.74, 6) is 2.18. The highest BCUT2D eigenvalue weighted by Crippen LogP contribution is 2.20. The number of hydrogen-bond acceptors (Lipinski definition) is 5. The Kier molecular flexibility index (Phi) is 4.72. The average molecular weight is 340 g/mol. The molecule has 0 radical (unpaired) electrons. The monoisotopic (exact) mass is 340 g/mol. The molecule has 0 spiro atoms. The molecule has 24 heavy (non-hydrogen) atoms. The Morgan fingerprint density at radius 3 is 2.79 bits per heavy atom. The lowest BCUT2D eigenvalue weighted by molar-refractivity contribution is 0.415. The highest BCUT2D eigenvalue weighted by Gasteiger charge is 2.08. The van der Waals surface area contributed by atoms with Crippen LogP contribution < -0.4 is 4.74 Å². The third-order valence-corrected chi connectivity index (χ3v) is 3.55. The lowest BCUT2D eigenvalue weighted by atomic mass is 10.2. The summed E-state index contributed by atoms with van der Waals surface area (Å²) in [5, 5.41) is 11.4. The van der Waals surface area contributed by atoms with Gasteiger partial charge in [-0.05, 0) is 67.2 Å². The molecule has 1 aromatic carbocycles. The number of rotatable bonds is 5.